The molecule has 0 radical (unpaired) electrons. The van der Waals surface area contributed by atoms with Crippen molar-refractivity contribution in [2.45, 2.75) is 25.7 Å². The molecule has 1 aliphatic rings. The highest BCUT2D eigenvalue weighted by atomic mass is 35.5. The molecule has 0 bridgehead atoms. The Labute approximate surface area is 117 Å². The molecule has 1 aromatic rings. The van der Waals surface area contributed by atoms with Crippen molar-refractivity contribution in [2.75, 3.05) is 18.4 Å². The Morgan fingerprint density at radius 3 is 2.84 bits per heavy atom. The summed E-state index contributed by atoms with van der Waals surface area (Å²) in [5.74, 6) is -0.0867. The van der Waals surface area contributed by atoms with Crippen LogP contribution in [-0.2, 0) is 4.79 Å². The van der Waals surface area contributed by atoms with Gasteiger partial charge in [-0.25, -0.2) is 4.39 Å². The minimum absolute atomic E-state index is 0.0828. The van der Waals surface area contributed by atoms with Crippen LogP contribution in [0.3, 0.4) is 0 Å². The number of nitrogens with one attached hydrogen (secondary N) is 2. The van der Waals surface area contributed by atoms with Gasteiger partial charge in [0.1, 0.15) is 5.82 Å². The van der Waals surface area contributed by atoms with Crippen LogP contribution >= 0.6 is 11.6 Å². The summed E-state index contributed by atoms with van der Waals surface area (Å²) >= 11 is 5.86. The number of carbonyl (C=O) groups excluding carboxylic acids is 1. The van der Waals surface area contributed by atoms with E-state index in [1.54, 1.807) is 6.07 Å². The second kappa shape index (κ2) is 6.87. The van der Waals surface area contributed by atoms with Gasteiger partial charge in [-0.05, 0) is 50.4 Å². The number of para-hydroxylation sites is 1. The Balaban J connectivity index is 1.83. The van der Waals surface area contributed by atoms with Crippen molar-refractivity contribution in [3.05, 3.63) is 29.0 Å². The lowest BCUT2D eigenvalue weighted by Gasteiger charge is -2.22. The molecule has 1 heterocycles. The highest BCUT2D eigenvalue weighted by Crippen LogP contribution is 2.25. The molecule has 1 aromatic carbocycles. The van der Waals surface area contributed by atoms with E-state index in [2.05, 4.69) is 10.6 Å². The standard InChI is InChI=1S/C14H18ClFN2O/c15-11-2-1-3-12(16)14(11)18-13(19)5-4-10-6-8-17-9-7-10/h1-3,10,17H,4-9H2,(H,18,19). The number of halogens is 2. The topological polar surface area (TPSA) is 41.1 Å². The van der Waals surface area contributed by atoms with Crippen LogP contribution in [0.4, 0.5) is 10.1 Å². The molecule has 2 N–H and O–H groups in total. The van der Waals surface area contributed by atoms with Gasteiger partial charge in [0, 0.05) is 6.42 Å². The summed E-state index contributed by atoms with van der Waals surface area (Å²) in [6, 6.07) is 4.36. The quantitative estimate of drug-likeness (QED) is 0.891. The van der Waals surface area contributed by atoms with Crippen molar-refractivity contribution in [1.82, 2.24) is 5.32 Å². The molecule has 0 aliphatic carbocycles. The average Bonchev–Trinajstić information content (AvgIpc) is 2.42. The van der Waals surface area contributed by atoms with Crippen molar-refractivity contribution in [2.24, 2.45) is 5.92 Å². The maximum absolute atomic E-state index is 13.5. The fraction of sp³-hybridized carbons (Fsp3) is 0.500. The molecule has 0 saturated carbocycles. The number of carbonyl (C=O) groups is 1. The first kappa shape index (κ1) is 14.3. The smallest absolute Gasteiger partial charge is 0.224 e. The molecule has 1 aliphatic heterocycles. The van der Waals surface area contributed by atoms with Gasteiger partial charge in [-0.15, -0.1) is 0 Å². The second-order valence-electron chi connectivity index (χ2n) is 4.88. The lowest BCUT2D eigenvalue weighted by molar-refractivity contribution is -0.116. The first-order valence-electron chi connectivity index (χ1n) is 6.61. The molecular formula is C14H18ClFN2O. The van der Waals surface area contributed by atoms with Crippen LogP contribution < -0.4 is 10.6 Å². The number of benzene rings is 1. The predicted molar refractivity (Wildman–Crippen MR) is 74.9 cm³/mol. The largest absolute Gasteiger partial charge is 0.322 e. The summed E-state index contributed by atoms with van der Waals surface area (Å²) in [5, 5.41) is 6.08. The van der Waals surface area contributed by atoms with Crippen LogP contribution in [0.1, 0.15) is 25.7 Å². The summed E-state index contributed by atoms with van der Waals surface area (Å²) in [5.41, 5.74) is 0.0828. The lowest BCUT2D eigenvalue weighted by atomic mass is 9.93. The van der Waals surface area contributed by atoms with Gasteiger partial charge in [-0.3, -0.25) is 4.79 Å². The van der Waals surface area contributed by atoms with Crippen molar-refractivity contribution in [3.63, 3.8) is 0 Å². The molecule has 1 saturated heterocycles. The van der Waals surface area contributed by atoms with Crippen LogP contribution in [0.25, 0.3) is 0 Å². The first-order chi connectivity index (χ1) is 9.16. The Bertz CT molecular complexity index is 427. The van der Waals surface area contributed by atoms with Crippen molar-refractivity contribution in [1.29, 1.82) is 0 Å². The van der Waals surface area contributed by atoms with E-state index in [4.69, 9.17) is 11.6 Å². The summed E-state index contributed by atoms with van der Waals surface area (Å²) in [7, 11) is 0. The highest BCUT2D eigenvalue weighted by molar-refractivity contribution is 6.33. The molecule has 1 amide bonds. The van der Waals surface area contributed by atoms with Gasteiger partial charge in [0.25, 0.3) is 0 Å². The van der Waals surface area contributed by atoms with Crippen molar-refractivity contribution >= 4 is 23.2 Å². The summed E-state index contributed by atoms with van der Waals surface area (Å²) in [6.45, 7) is 2.04. The van der Waals surface area contributed by atoms with Crippen molar-refractivity contribution in [3.8, 4) is 0 Å². The third-order valence-electron chi connectivity index (χ3n) is 3.47. The predicted octanol–water partition coefficient (Wildman–Crippen LogP) is 3.20. The third kappa shape index (κ3) is 4.18. The van der Waals surface area contributed by atoms with E-state index < -0.39 is 5.82 Å². The van der Waals surface area contributed by atoms with Crippen LogP contribution in [0.5, 0.6) is 0 Å². The Morgan fingerprint density at radius 1 is 1.42 bits per heavy atom. The van der Waals surface area contributed by atoms with Gasteiger partial charge in [-0.2, -0.15) is 0 Å². The monoisotopic (exact) mass is 284 g/mol. The van der Waals surface area contributed by atoms with Gasteiger partial charge < -0.3 is 10.6 Å². The minimum atomic E-state index is -0.497. The Morgan fingerprint density at radius 2 is 2.16 bits per heavy atom. The second-order valence-corrected chi connectivity index (χ2v) is 5.28. The maximum Gasteiger partial charge on any atom is 0.224 e. The van der Waals surface area contributed by atoms with E-state index >= 15 is 0 Å². The van der Waals surface area contributed by atoms with Crippen molar-refractivity contribution < 1.29 is 9.18 Å². The number of amides is 1. The van der Waals surface area contributed by atoms with E-state index in [1.165, 1.54) is 12.1 Å². The summed E-state index contributed by atoms with van der Waals surface area (Å²) in [6.07, 6.45) is 3.47. The number of piperidine rings is 1. The van der Waals surface area contributed by atoms with E-state index in [-0.39, 0.29) is 16.6 Å². The molecule has 2 rings (SSSR count). The van der Waals surface area contributed by atoms with E-state index in [0.717, 1.165) is 32.4 Å². The molecule has 0 unspecified atom stereocenters. The van der Waals surface area contributed by atoms with Crippen LogP contribution in [-0.4, -0.2) is 19.0 Å². The average molecular weight is 285 g/mol. The van der Waals surface area contributed by atoms with E-state index in [9.17, 15) is 9.18 Å². The van der Waals surface area contributed by atoms with E-state index in [0.29, 0.717) is 12.3 Å². The fourth-order valence-electron chi connectivity index (χ4n) is 2.32. The number of anilines is 1. The number of hydrogen-bond donors (Lipinski definition) is 2. The lowest BCUT2D eigenvalue weighted by Crippen LogP contribution is -2.28. The summed E-state index contributed by atoms with van der Waals surface area (Å²) in [4.78, 5) is 11.8. The Hall–Kier alpha value is -1.13. The normalized spacial score (nSPS) is 16.3. The number of hydrogen-bond acceptors (Lipinski definition) is 2. The maximum atomic E-state index is 13.5. The third-order valence-corrected chi connectivity index (χ3v) is 3.78. The molecule has 1 fully saturated rings. The molecule has 19 heavy (non-hydrogen) atoms. The van der Waals surface area contributed by atoms with Gasteiger partial charge >= 0.3 is 0 Å². The van der Waals surface area contributed by atoms with Crippen LogP contribution in [0.15, 0.2) is 18.2 Å². The van der Waals surface area contributed by atoms with E-state index in [1.807, 2.05) is 0 Å². The fourth-order valence-corrected chi connectivity index (χ4v) is 2.54. The van der Waals surface area contributed by atoms with Gasteiger partial charge in [0.15, 0.2) is 0 Å². The molecule has 0 atom stereocenters. The first-order valence-corrected chi connectivity index (χ1v) is 6.99. The molecule has 104 valence electrons. The van der Waals surface area contributed by atoms with Gasteiger partial charge in [-0.1, -0.05) is 17.7 Å². The Kier molecular flexibility index (Phi) is 5.16. The van der Waals surface area contributed by atoms with Crippen LogP contribution in [0.2, 0.25) is 5.02 Å². The molecule has 5 heteroatoms. The minimum Gasteiger partial charge on any atom is -0.322 e. The number of rotatable bonds is 4. The molecule has 3 nitrogen and oxygen atoms in total. The molecular weight excluding hydrogens is 267 g/mol. The zero-order valence-electron chi connectivity index (χ0n) is 10.7. The summed E-state index contributed by atoms with van der Waals surface area (Å²) < 4.78 is 13.5. The SMILES string of the molecule is O=C(CCC1CCNCC1)Nc1c(F)cccc1Cl. The van der Waals surface area contributed by atoms with Crippen LogP contribution in [0, 0.1) is 11.7 Å². The molecule has 0 aromatic heterocycles. The van der Waals surface area contributed by atoms with Gasteiger partial charge in [0.05, 0.1) is 10.7 Å². The molecule has 0 spiro atoms. The zero-order chi connectivity index (χ0) is 13.7. The highest BCUT2D eigenvalue weighted by Gasteiger charge is 2.16. The zero-order valence-corrected chi connectivity index (χ0v) is 11.5. The van der Waals surface area contributed by atoms with Gasteiger partial charge in [0.2, 0.25) is 5.91 Å².